The van der Waals surface area contributed by atoms with Crippen molar-refractivity contribution in [1.82, 2.24) is 9.97 Å². The molecule has 8 heteroatoms. The highest BCUT2D eigenvalue weighted by molar-refractivity contribution is 6.31. The standard InChI is InChI=1S/C16H18ClF3N4/c1-10(2)5-7-21-15-22-8-6-14(24-15)23-11-3-4-13(17)12(9-11)16(18,19)20/h3-4,6,8-10H,5,7H2,1-2H3,(H2,21,22,23,24). The molecule has 2 rings (SSSR count). The van der Waals surface area contributed by atoms with Gasteiger partial charge in [-0.15, -0.1) is 0 Å². The molecule has 1 heterocycles. The van der Waals surface area contributed by atoms with Gasteiger partial charge in [0.1, 0.15) is 5.82 Å². The molecule has 130 valence electrons. The molecule has 0 aliphatic rings. The van der Waals surface area contributed by atoms with Crippen LogP contribution in [0.2, 0.25) is 5.02 Å². The first-order valence-electron chi connectivity index (χ1n) is 7.46. The largest absolute Gasteiger partial charge is 0.417 e. The first-order valence-corrected chi connectivity index (χ1v) is 7.84. The summed E-state index contributed by atoms with van der Waals surface area (Å²) >= 11 is 5.61. The molecule has 0 atom stereocenters. The zero-order valence-corrected chi connectivity index (χ0v) is 14.0. The fourth-order valence-electron chi connectivity index (χ4n) is 1.95. The zero-order valence-electron chi connectivity index (χ0n) is 13.3. The van der Waals surface area contributed by atoms with Crippen molar-refractivity contribution in [2.24, 2.45) is 5.92 Å². The van der Waals surface area contributed by atoms with Gasteiger partial charge < -0.3 is 10.6 Å². The fourth-order valence-corrected chi connectivity index (χ4v) is 2.18. The summed E-state index contributed by atoms with van der Waals surface area (Å²) in [4.78, 5) is 8.32. The van der Waals surface area contributed by atoms with Crippen LogP contribution in [0.5, 0.6) is 0 Å². The van der Waals surface area contributed by atoms with E-state index in [1.165, 1.54) is 18.3 Å². The van der Waals surface area contributed by atoms with Crippen LogP contribution in [0.4, 0.5) is 30.6 Å². The molecule has 2 N–H and O–H groups in total. The Hall–Kier alpha value is -2.02. The average molecular weight is 359 g/mol. The molecular formula is C16H18ClF3N4. The smallest absolute Gasteiger partial charge is 0.354 e. The van der Waals surface area contributed by atoms with E-state index in [-0.39, 0.29) is 10.7 Å². The van der Waals surface area contributed by atoms with E-state index in [1.807, 2.05) is 0 Å². The Morgan fingerprint density at radius 3 is 2.62 bits per heavy atom. The lowest BCUT2D eigenvalue weighted by Crippen LogP contribution is -2.09. The van der Waals surface area contributed by atoms with Crippen LogP contribution in [-0.4, -0.2) is 16.5 Å². The molecule has 2 aromatic rings. The van der Waals surface area contributed by atoms with Gasteiger partial charge in [0, 0.05) is 18.4 Å². The molecule has 0 amide bonds. The molecule has 0 saturated carbocycles. The number of benzene rings is 1. The lowest BCUT2D eigenvalue weighted by Gasteiger charge is -2.12. The molecule has 0 bridgehead atoms. The lowest BCUT2D eigenvalue weighted by atomic mass is 10.1. The minimum absolute atomic E-state index is 0.249. The normalized spacial score (nSPS) is 11.6. The minimum atomic E-state index is -4.51. The van der Waals surface area contributed by atoms with E-state index in [2.05, 4.69) is 34.4 Å². The van der Waals surface area contributed by atoms with Gasteiger partial charge in [-0.3, -0.25) is 0 Å². The van der Waals surface area contributed by atoms with Crippen molar-refractivity contribution < 1.29 is 13.2 Å². The molecule has 0 fully saturated rings. The summed E-state index contributed by atoms with van der Waals surface area (Å²) in [6, 6.07) is 5.20. The van der Waals surface area contributed by atoms with E-state index in [4.69, 9.17) is 11.6 Å². The second-order valence-corrected chi connectivity index (χ2v) is 6.10. The zero-order chi connectivity index (χ0) is 17.7. The lowest BCUT2D eigenvalue weighted by molar-refractivity contribution is -0.137. The maximum absolute atomic E-state index is 12.9. The first-order chi connectivity index (χ1) is 11.3. The van der Waals surface area contributed by atoms with Crippen LogP contribution in [0.3, 0.4) is 0 Å². The number of alkyl halides is 3. The quantitative estimate of drug-likeness (QED) is 0.730. The van der Waals surface area contributed by atoms with Crippen LogP contribution in [0.25, 0.3) is 0 Å². The van der Waals surface area contributed by atoms with Crippen molar-refractivity contribution >= 4 is 29.1 Å². The molecule has 0 aliphatic heterocycles. The molecule has 0 saturated heterocycles. The van der Waals surface area contributed by atoms with Gasteiger partial charge in [-0.2, -0.15) is 18.2 Å². The van der Waals surface area contributed by atoms with E-state index in [0.29, 0.717) is 17.7 Å². The predicted molar refractivity (Wildman–Crippen MR) is 89.7 cm³/mol. The van der Waals surface area contributed by atoms with Gasteiger partial charge in [-0.05, 0) is 36.6 Å². The summed E-state index contributed by atoms with van der Waals surface area (Å²) in [5.74, 6) is 1.37. The number of halogens is 4. The Balaban J connectivity index is 2.11. The molecule has 24 heavy (non-hydrogen) atoms. The Morgan fingerprint density at radius 1 is 1.21 bits per heavy atom. The summed E-state index contributed by atoms with van der Waals surface area (Å²) < 4.78 is 38.7. The van der Waals surface area contributed by atoms with Crippen molar-refractivity contribution in [2.45, 2.75) is 26.4 Å². The fraction of sp³-hybridized carbons (Fsp3) is 0.375. The monoisotopic (exact) mass is 358 g/mol. The summed E-state index contributed by atoms with van der Waals surface area (Å²) in [5.41, 5.74) is -0.642. The van der Waals surface area contributed by atoms with Crippen LogP contribution in [0.1, 0.15) is 25.8 Å². The maximum Gasteiger partial charge on any atom is 0.417 e. The Bertz CT molecular complexity index is 689. The molecule has 0 unspecified atom stereocenters. The van der Waals surface area contributed by atoms with Crippen molar-refractivity contribution in [3.63, 3.8) is 0 Å². The second-order valence-electron chi connectivity index (χ2n) is 5.69. The molecular weight excluding hydrogens is 341 g/mol. The minimum Gasteiger partial charge on any atom is -0.354 e. The number of hydrogen-bond acceptors (Lipinski definition) is 4. The maximum atomic E-state index is 12.9. The van der Waals surface area contributed by atoms with E-state index in [1.54, 1.807) is 6.07 Å². The van der Waals surface area contributed by atoms with Gasteiger partial charge in [0.05, 0.1) is 10.6 Å². The van der Waals surface area contributed by atoms with Gasteiger partial charge in [-0.1, -0.05) is 25.4 Å². The third-order valence-corrected chi connectivity index (χ3v) is 3.53. The van der Waals surface area contributed by atoms with Gasteiger partial charge in [0.25, 0.3) is 0 Å². The molecule has 4 nitrogen and oxygen atoms in total. The molecule has 0 aliphatic carbocycles. The van der Waals surface area contributed by atoms with Gasteiger partial charge in [0.2, 0.25) is 5.95 Å². The molecule has 1 aromatic heterocycles. The van der Waals surface area contributed by atoms with Crippen molar-refractivity contribution in [1.29, 1.82) is 0 Å². The third-order valence-electron chi connectivity index (χ3n) is 3.20. The van der Waals surface area contributed by atoms with Crippen molar-refractivity contribution in [3.05, 3.63) is 41.0 Å². The van der Waals surface area contributed by atoms with Gasteiger partial charge in [-0.25, -0.2) is 4.98 Å². The number of anilines is 3. The van der Waals surface area contributed by atoms with Crippen LogP contribution in [0, 0.1) is 5.92 Å². The van der Waals surface area contributed by atoms with E-state index >= 15 is 0 Å². The van der Waals surface area contributed by atoms with Crippen molar-refractivity contribution in [2.75, 3.05) is 17.2 Å². The van der Waals surface area contributed by atoms with Crippen LogP contribution in [0.15, 0.2) is 30.5 Å². The number of nitrogens with zero attached hydrogens (tertiary/aromatic N) is 2. The summed E-state index contributed by atoms with van der Waals surface area (Å²) in [6.07, 6.45) is -2.01. The van der Waals surface area contributed by atoms with E-state index in [0.717, 1.165) is 19.0 Å². The molecule has 1 aromatic carbocycles. The Labute approximate surface area is 143 Å². The highest BCUT2D eigenvalue weighted by atomic mass is 35.5. The molecule has 0 spiro atoms. The second kappa shape index (κ2) is 7.70. The topological polar surface area (TPSA) is 49.8 Å². The summed E-state index contributed by atoms with van der Waals surface area (Å²) in [5, 5.41) is 5.58. The van der Waals surface area contributed by atoms with Crippen molar-refractivity contribution in [3.8, 4) is 0 Å². The van der Waals surface area contributed by atoms with E-state index < -0.39 is 11.7 Å². The molecule has 0 radical (unpaired) electrons. The number of hydrogen-bond donors (Lipinski definition) is 2. The van der Waals surface area contributed by atoms with Gasteiger partial charge in [0.15, 0.2) is 0 Å². The number of aromatic nitrogens is 2. The SMILES string of the molecule is CC(C)CCNc1nccc(Nc2ccc(Cl)c(C(F)(F)F)c2)n1. The number of rotatable bonds is 6. The number of nitrogens with one attached hydrogen (secondary N) is 2. The van der Waals surface area contributed by atoms with Crippen LogP contribution < -0.4 is 10.6 Å². The Morgan fingerprint density at radius 2 is 1.96 bits per heavy atom. The highest BCUT2D eigenvalue weighted by Gasteiger charge is 2.33. The Kier molecular flexibility index (Phi) is 5.88. The van der Waals surface area contributed by atoms with E-state index in [9.17, 15) is 13.2 Å². The predicted octanol–water partition coefficient (Wildman–Crippen LogP) is 5.35. The van der Waals surface area contributed by atoms with Gasteiger partial charge >= 0.3 is 6.18 Å². The van der Waals surface area contributed by atoms with Crippen LogP contribution in [-0.2, 0) is 6.18 Å². The third kappa shape index (κ3) is 5.26. The summed E-state index contributed by atoms with van der Waals surface area (Å²) in [6.45, 7) is 4.94. The average Bonchev–Trinajstić information content (AvgIpc) is 2.48. The summed E-state index contributed by atoms with van der Waals surface area (Å²) in [7, 11) is 0. The van der Waals surface area contributed by atoms with Crippen LogP contribution >= 0.6 is 11.6 Å². The first kappa shape index (κ1) is 18.3. The highest BCUT2D eigenvalue weighted by Crippen LogP contribution is 2.36.